The fourth-order valence-corrected chi connectivity index (χ4v) is 1.63. The minimum absolute atomic E-state index is 0.249. The molecule has 2 N–H and O–H groups in total. The fraction of sp³-hybridized carbons (Fsp3) is 1.00. The molecular weight excluding hydrogens is 160 g/mol. The van der Waals surface area contributed by atoms with Crippen LogP contribution < -0.4 is 10.6 Å². The van der Waals surface area contributed by atoms with Crippen molar-refractivity contribution in [3.8, 4) is 0 Å². The van der Waals surface area contributed by atoms with Crippen molar-refractivity contribution < 1.29 is 0 Å². The van der Waals surface area contributed by atoms with Crippen molar-refractivity contribution in [2.45, 2.75) is 71.1 Å². The third kappa shape index (κ3) is 4.63. The lowest BCUT2D eigenvalue weighted by molar-refractivity contribution is 0.377. The molecule has 2 atom stereocenters. The molecule has 78 valence electrons. The molecule has 0 aromatic rings. The lowest BCUT2D eigenvalue weighted by atomic mass is 10.1. The molecule has 0 amide bonds. The van der Waals surface area contributed by atoms with Crippen LogP contribution in [0, 0.1) is 0 Å². The van der Waals surface area contributed by atoms with Crippen LogP contribution >= 0.6 is 0 Å². The first-order chi connectivity index (χ1) is 5.67. The van der Waals surface area contributed by atoms with Crippen LogP contribution in [-0.2, 0) is 0 Å². The van der Waals surface area contributed by atoms with Crippen LogP contribution in [0.4, 0.5) is 0 Å². The molecule has 1 rings (SSSR count). The summed E-state index contributed by atoms with van der Waals surface area (Å²) in [7, 11) is 0. The van der Waals surface area contributed by atoms with Crippen molar-refractivity contribution in [3.05, 3.63) is 0 Å². The summed E-state index contributed by atoms with van der Waals surface area (Å²) < 4.78 is 0. The van der Waals surface area contributed by atoms with Crippen molar-refractivity contribution in [1.29, 1.82) is 0 Å². The Hall–Kier alpha value is -0.0800. The molecule has 2 heteroatoms. The summed E-state index contributed by atoms with van der Waals surface area (Å²) in [4.78, 5) is 0. The normalized spacial score (nSPS) is 29.1. The van der Waals surface area contributed by atoms with E-state index in [2.05, 4.69) is 52.2 Å². The van der Waals surface area contributed by atoms with Gasteiger partial charge in [0.05, 0.1) is 0 Å². The molecule has 0 aromatic heterocycles. The van der Waals surface area contributed by atoms with E-state index in [1.54, 1.807) is 0 Å². The summed E-state index contributed by atoms with van der Waals surface area (Å²) in [6, 6.07) is 1.36. The van der Waals surface area contributed by atoms with E-state index in [9.17, 15) is 0 Å². The number of hydrogen-bond acceptors (Lipinski definition) is 2. The van der Waals surface area contributed by atoms with Gasteiger partial charge < -0.3 is 10.6 Å². The first-order valence-corrected chi connectivity index (χ1v) is 5.23. The van der Waals surface area contributed by atoms with Gasteiger partial charge in [-0.05, 0) is 48.0 Å². The highest BCUT2D eigenvalue weighted by molar-refractivity contribution is 5.04. The van der Waals surface area contributed by atoms with Gasteiger partial charge in [0.1, 0.15) is 0 Å². The lowest BCUT2D eigenvalue weighted by Crippen LogP contribution is -2.44. The molecule has 0 bridgehead atoms. The maximum Gasteiger partial charge on any atom is 0.0242 e. The minimum atomic E-state index is 0.249. The standard InChI is InChI=1S/C11H24N2/c1-10(2,3)12-8-7-9(8)13-11(4,5)6/h8-9,12-13H,7H2,1-6H3. The molecule has 1 fully saturated rings. The molecule has 1 saturated carbocycles. The molecule has 0 aliphatic heterocycles. The average Bonchev–Trinajstić information content (AvgIpc) is 2.36. The SMILES string of the molecule is CC(C)(C)NC1CC1NC(C)(C)C. The van der Waals surface area contributed by atoms with E-state index >= 15 is 0 Å². The van der Waals surface area contributed by atoms with Crippen LogP contribution in [0.2, 0.25) is 0 Å². The van der Waals surface area contributed by atoms with Gasteiger partial charge in [-0.25, -0.2) is 0 Å². The fourth-order valence-electron chi connectivity index (χ4n) is 1.63. The Balaban J connectivity index is 2.24. The first kappa shape index (κ1) is 11.0. The van der Waals surface area contributed by atoms with Crippen LogP contribution in [0.25, 0.3) is 0 Å². The van der Waals surface area contributed by atoms with E-state index in [4.69, 9.17) is 0 Å². The van der Waals surface area contributed by atoms with Gasteiger partial charge in [-0.15, -0.1) is 0 Å². The molecule has 0 saturated heterocycles. The van der Waals surface area contributed by atoms with Crippen LogP contribution in [0.3, 0.4) is 0 Å². The van der Waals surface area contributed by atoms with E-state index in [-0.39, 0.29) is 11.1 Å². The summed E-state index contributed by atoms with van der Waals surface area (Å²) in [5.41, 5.74) is 0.498. The monoisotopic (exact) mass is 184 g/mol. The number of hydrogen-bond donors (Lipinski definition) is 2. The molecule has 1 aliphatic carbocycles. The molecule has 0 radical (unpaired) electrons. The van der Waals surface area contributed by atoms with Gasteiger partial charge in [0.2, 0.25) is 0 Å². The van der Waals surface area contributed by atoms with Gasteiger partial charge in [0.15, 0.2) is 0 Å². The van der Waals surface area contributed by atoms with Crippen molar-refractivity contribution in [3.63, 3.8) is 0 Å². The van der Waals surface area contributed by atoms with Crippen LogP contribution in [0.5, 0.6) is 0 Å². The van der Waals surface area contributed by atoms with Crippen molar-refractivity contribution in [1.82, 2.24) is 10.6 Å². The van der Waals surface area contributed by atoms with Crippen LogP contribution in [0.15, 0.2) is 0 Å². The van der Waals surface area contributed by atoms with Crippen molar-refractivity contribution in [2.24, 2.45) is 0 Å². The molecule has 0 heterocycles. The Kier molecular flexibility index (Phi) is 2.75. The van der Waals surface area contributed by atoms with Gasteiger partial charge in [-0.1, -0.05) is 0 Å². The first-order valence-electron chi connectivity index (χ1n) is 5.23. The second-order valence-corrected chi connectivity index (χ2v) is 6.24. The van der Waals surface area contributed by atoms with E-state index in [0.29, 0.717) is 12.1 Å². The Labute approximate surface area is 82.5 Å². The lowest BCUT2D eigenvalue weighted by Gasteiger charge is -2.24. The van der Waals surface area contributed by atoms with Crippen LogP contribution in [0.1, 0.15) is 48.0 Å². The summed E-state index contributed by atoms with van der Waals surface area (Å²) in [5, 5.41) is 7.21. The zero-order valence-corrected chi connectivity index (χ0v) is 9.86. The Bertz CT molecular complexity index is 154. The quantitative estimate of drug-likeness (QED) is 0.685. The molecule has 2 unspecified atom stereocenters. The van der Waals surface area contributed by atoms with E-state index in [1.807, 2.05) is 0 Å². The molecular formula is C11H24N2. The van der Waals surface area contributed by atoms with Gasteiger partial charge in [-0.3, -0.25) is 0 Å². The molecule has 1 aliphatic rings. The highest BCUT2D eigenvalue weighted by atomic mass is 15.1. The Morgan fingerprint density at radius 1 is 0.769 bits per heavy atom. The molecule has 0 aromatic carbocycles. The largest absolute Gasteiger partial charge is 0.308 e. The third-order valence-corrected chi connectivity index (χ3v) is 2.03. The summed E-state index contributed by atoms with van der Waals surface area (Å²) >= 11 is 0. The maximum absolute atomic E-state index is 3.60. The summed E-state index contributed by atoms with van der Waals surface area (Å²) in [6.07, 6.45) is 1.27. The maximum atomic E-state index is 3.60. The highest BCUT2D eigenvalue weighted by Gasteiger charge is 2.40. The average molecular weight is 184 g/mol. The topological polar surface area (TPSA) is 24.1 Å². The second-order valence-electron chi connectivity index (χ2n) is 6.24. The molecule has 2 nitrogen and oxygen atoms in total. The van der Waals surface area contributed by atoms with E-state index in [0.717, 1.165) is 0 Å². The second kappa shape index (κ2) is 3.25. The summed E-state index contributed by atoms with van der Waals surface area (Å²) in [6.45, 7) is 13.3. The van der Waals surface area contributed by atoms with Gasteiger partial charge in [-0.2, -0.15) is 0 Å². The van der Waals surface area contributed by atoms with Gasteiger partial charge in [0, 0.05) is 23.2 Å². The minimum Gasteiger partial charge on any atom is -0.308 e. The zero-order chi connectivity index (χ0) is 10.3. The Morgan fingerprint density at radius 3 is 1.31 bits per heavy atom. The highest BCUT2D eigenvalue weighted by Crippen LogP contribution is 2.25. The predicted octanol–water partition coefficient (Wildman–Crippen LogP) is 1.90. The predicted molar refractivity (Wildman–Crippen MR) is 58.0 cm³/mol. The number of nitrogens with one attached hydrogen (secondary N) is 2. The number of rotatable bonds is 2. The van der Waals surface area contributed by atoms with Crippen molar-refractivity contribution in [2.75, 3.05) is 0 Å². The van der Waals surface area contributed by atoms with Crippen molar-refractivity contribution >= 4 is 0 Å². The Morgan fingerprint density at radius 2 is 1.08 bits per heavy atom. The van der Waals surface area contributed by atoms with Crippen LogP contribution in [-0.4, -0.2) is 23.2 Å². The summed E-state index contributed by atoms with van der Waals surface area (Å²) in [5.74, 6) is 0. The van der Waals surface area contributed by atoms with E-state index in [1.165, 1.54) is 6.42 Å². The van der Waals surface area contributed by atoms with E-state index < -0.39 is 0 Å². The van der Waals surface area contributed by atoms with Gasteiger partial charge >= 0.3 is 0 Å². The smallest absolute Gasteiger partial charge is 0.0242 e. The third-order valence-electron chi connectivity index (χ3n) is 2.03. The molecule has 0 spiro atoms. The van der Waals surface area contributed by atoms with Gasteiger partial charge in [0.25, 0.3) is 0 Å². The molecule has 13 heavy (non-hydrogen) atoms. The zero-order valence-electron chi connectivity index (χ0n) is 9.86.